The quantitative estimate of drug-likeness (QED) is 0.650. The van der Waals surface area contributed by atoms with Gasteiger partial charge in [-0.05, 0) is 43.2 Å². The molecule has 0 radical (unpaired) electrons. The van der Waals surface area contributed by atoms with Crippen molar-refractivity contribution in [1.29, 1.82) is 0 Å². The summed E-state index contributed by atoms with van der Waals surface area (Å²) in [6.45, 7) is 7.66. The van der Waals surface area contributed by atoms with Crippen LogP contribution in [0.15, 0.2) is 28.0 Å². The summed E-state index contributed by atoms with van der Waals surface area (Å²) in [5.74, 6) is 0.291. The standard InChI is InChI=1S/C23H32F3N3O3S/c1-15-20(33(27,31)32)11-19(29(15)12-16-8-6-5-7-9-16)17-10-18(23(24,25)26)21(30)28(13-17)14-22(2,3)4/h10-11,13,16H,5-9,12,14H2,1-4H3,(H2,27,31,32). The van der Waals surface area contributed by atoms with Gasteiger partial charge in [-0.15, -0.1) is 0 Å². The lowest BCUT2D eigenvalue weighted by atomic mass is 9.89. The summed E-state index contributed by atoms with van der Waals surface area (Å²) in [4.78, 5) is 12.5. The van der Waals surface area contributed by atoms with E-state index in [1.54, 1.807) is 11.5 Å². The first kappa shape index (κ1) is 25.6. The second-order valence-electron chi connectivity index (χ2n) is 10.3. The van der Waals surface area contributed by atoms with E-state index in [0.29, 0.717) is 23.9 Å². The van der Waals surface area contributed by atoms with E-state index >= 15 is 0 Å². The van der Waals surface area contributed by atoms with Gasteiger partial charge in [0.1, 0.15) is 10.5 Å². The summed E-state index contributed by atoms with van der Waals surface area (Å²) in [6.07, 6.45) is 1.77. The van der Waals surface area contributed by atoms with E-state index < -0.39 is 32.7 Å². The molecule has 10 heteroatoms. The Morgan fingerprint density at radius 3 is 2.21 bits per heavy atom. The molecule has 1 saturated carbocycles. The Hall–Kier alpha value is -2.07. The first-order valence-corrected chi connectivity index (χ1v) is 12.7. The first-order chi connectivity index (χ1) is 15.1. The van der Waals surface area contributed by atoms with Crippen molar-refractivity contribution in [2.75, 3.05) is 0 Å². The maximum atomic E-state index is 13.8. The van der Waals surface area contributed by atoms with Crippen LogP contribution in [0.1, 0.15) is 64.1 Å². The van der Waals surface area contributed by atoms with Gasteiger partial charge >= 0.3 is 6.18 Å². The molecule has 0 aliphatic heterocycles. The molecular weight excluding hydrogens is 455 g/mol. The Labute approximate surface area is 192 Å². The van der Waals surface area contributed by atoms with Gasteiger partial charge in [0.15, 0.2) is 0 Å². The van der Waals surface area contributed by atoms with Gasteiger partial charge in [0.25, 0.3) is 5.56 Å². The maximum Gasteiger partial charge on any atom is 0.421 e. The predicted octanol–water partition coefficient (Wildman–Crippen LogP) is 4.92. The van der Waals surface area contributed by atoms with E-state index in [4.69, 9.17) is 5.14 Å². The molecule has 6 nitrogen and oxygen atoms in total. The smallest absolute Gasteiger partial charge is 0.343 e. The molecule has 1 fully saturated rings. The number of aromatic nitrogens is 2. The van der Waals surface area contributed by atoms with Gasteiger partial charge in [0.2, 0.25) is 10.0 Å². The van der Waals surface area contributed by atoms with E-state index in [9.17, 15) is 26.4 Å². The maximum absolute atomic E-state index is 13.8. The van der Waals surface area contributed by atoms with E-state index in [1.807, 2.05) is 20.8 Å². The van der Waals surface area contributed by atoms with Gasteiger partial charge in [-0.25, -0.2) is 13.6 Å². The summed E-state index contributed by atoms with van der Waals surface area (Å²) in [6, 6.07) is 2.15. The Morgan fingerprint density at radius 2 is 1.70 bits per heavy atom. The molecule has 2 aromatic rings. The molecule has 2 heterocycles. The Balaban J connectivity index is 2.25. The fourth-order valence-corrected chi connectivity index (χ4v) is 5.42. The number of rotatable bonds is 5. The van der Waals surface area contributed by atoms with Gasteiger partial charge in [-0.3, -0.25) is 4.79 Å². The third-order valence-electron chi connectivity index (χ3n) is 6.12. The topological polar surface area (TPSA) is 87.1 Å². The molecule has 0 amide bonds. The van der Waals surface area contributed by atoms with Crippen LogP contribution in [0.5, 0.6) is 0 Å². The predicted molar refractivity (Wildman–Crippen MR) is 121 cm³/mol. The minimum absolute atomic E-state index is 0.0765. The molecule has 0 spiro atoms. The van der Waals surface area contributed by atoms with Crippen LogP contribution in [0.2, 0.25) is 0 Å². The van der Waals surface area contributed by atoms with Crippen LogP contribution < -0.4 is 10.7 Å². The highest BCUT2D eigenvalue weighted by Gasteiger charge is 2.36. The van der Waals surface area contributed by atoms with Gasteiger partial charge < -0.3 is 9.13 Å². The normalized spacial score (nSPS) is 16.4. The van der Waals surface area contributed by atoms with E-state index in [1.165, 1.54) is 12.3 Å². The van der Waals surface area contributed by atoms with Crippen LogP contribution in [-0.4, -0.2) is 17.6 Å². The summed E-state index contributed by atoms with van der Waals surface area (Å²) in [7, 11) is -4.08. The van der Waals surface area contributed by atoms with Crippen LogP contribution in [0, 0.1) is 18.3 Å². The molecule has 3 rings (SSSR count). The molecular formula is C23H32F3N3O3S. The average molecular weight is 488 g/mol. The van der Waals surface area contributed by atoms with Crippen molar-refractivity contribution in [3.8, 4) is 11.3 Å². The minimum atomic E-state index is -4.84. The second-order valence-corrected chi connectivity index (χ2v) is 11.8. The lowest BCUT2D eigenvalue weighted by Crippen LogP contribution is -2.32. The van der Waals surface area contributed by atoms with Gasteiger partial charge in [0.05, 0.1) is 5.69 Å². The van der Waals surface area contributed by atoms with Gasteiger partial charge in [-0.1, -0.05) is 40.0 Å². The summed E-state index contributed by atoms with van der Waals surface area (Å²) < 4.78 is 68.5. The summed E-state index contributed by atoms with van der Waals surface area (Å²) >= 11 is 0. The van der Waals surface area contributed by atoms with Crippen LogP contribution in [0.25, 0.3) is 11.3 Å². The van der Waals surface area contributed by atoms with Crippen LogP contribution in [0.3, 0.4) is 0 Å². The van der Waals surface area contributed by atoms with Crippen molar-refractivity contribution in [3.63, 3.8) is 0 Å². The fourth-order valence-electron chi connectivity index (χ4n) is 4.62. The Morgan fingerprint density at radius 1 is 1.09 bits per heavy atom. The number of primary sulfonamides is 1. The van der Waals surface area contributed by atoms with E-state index in [-0.39, 0.29) is 17.0 Å². The fraction of sp³-hybridized carbons (Fsp3) is 0.609. The summed E-state index contributed by atoms with van der Waals surface area (Å²) in [5.41, 5.74) is -1.99. The second kappa shape index (κ2) is 8.94. The molecule has 184 valence electrons. The van der Waals surface area contributed by atoms with Crippen LogP contribution in [0.4, 0.5) is 13.2 Å². The number of pyridine rings is 1. The number of nitrogens with zero attached hydrogens (tertiary/aromatic N) is 2. The zero-order valence-corrected chi connectivity index (χ0v) is 20.3. The van der Waals surface area contributed by atoms with Gasteiger partial charge in [0, 0.05) is 30.5 Å². The molecule has 0 saturated heterocycles. The SMILES string of the molecule is Cc1c(S(N)(=O)=O)cc(-c2cc(C(F)(F)F)c(=O)n(CC(C)(C)C)c2)n1CC1CCCCC1. The first-order valence-electron chi connectivity index (χ1n) is 11.1. The molecule has 0 unspecified atom stereocenters. The van der Waals surface area contributed by atoms with E-state index in [0.717, 1.165) is 42.7 Å². The van der Waals surface area contributed by atoms with Crippen molar-refractivity contribution in [2.45, 2.75) is 84.0 Å². The number of hydrogen-bond acceptors (Lipinski definition) is 3. The average Bonchev–Trinajstić information content (AvgIpc) is 2.99. The molecule has 1 aliphatic rings. The molecule has 33 heavy (non-hydrogen) atoms. The Kier molecular flexibility index (Phi) is 6.92. The van der Waals surface area contributed by atoms with Crippen molar-refractivity contribution >= 4 is 10.0 Å². The Bertz CT molecular complexity index is 1180. The highest BCUT2D eigenvalue weighted by Crippen LogP contribution is 2.35. The number of hydrogen-bond donors (Lipinski definition) is 1. The monoisotopic (exact) mass is 487 g/mol. The number of nitrogens with two attached hydrogens (primary N) is 1. The zero-order chi connectivity index (χ0) is 24.8. The van der Waals surface area contributed by atoms with Gasteiger partial charge in [-0.2, -0.15) is 13.2 Å². The number of sulfonamides is 1. The molecule has 1 aliphatic carbocycles. The van der Waals surface area contributed by atoms with Crippen LogP contribution >= 0.6 is 0 Å². The molecule has 0 atom stereocenters. The molecule has 0 bridgehead atoms. The van der Waals surface area contributed by atoms with Crippen molar-refractivity contribution in [3.05, 3.63) is 39.9 Å². The van der Waals surface area contributed by atoms with Crippen LogP contribution in [-0.2, 0) is 29.3 Å². The molecule has 0 aromatic carbocycles. The third-order valence-corrected chi connectivity index (χ3v) is 7.15. The summed E-state index contributed by atoms with van der Waals surface area (Å²) in [5, 5.41) is 5.41. The molecule has 2 aromatic heterocycles. The zero-order valence-electron chi connectivity index (χ0n) is 19.5. The van der Waals surface area contributed by atoms with Crippen molar-refractivity contribution in [2.24, 2.45) is 16.5 Å². The largest absolute Gasteiger partial charge is 0.421 e. The number of alkyl halides is 3. The van der Waals surface area contributed by atoms with E-state index in [2.05, 4.69) is 0 Å². The molecule has 2 N–H and O–H groups in total. The third kappa shape index (κ3) is 5.90. The highest BCUT2D eigenvalue weighted by molar-refractivity contribution is 7.89. The lowest BCUT2D eigenvalue weighted by Gasteiger charge is -2.25. The van der Waals surface area contributed by atoms with Crippen molar-refractivity contribution in [1.82, 2.24) is 9.13 Å². The minimum Gasteiger partial charge on any atom is -0.343 e. The van der Waals surface area contributed by atoms with Crippen molar-refractivity contribution < 1.29 is 21.6 Å². The highest BCUT2D eigenvalue weighted by atomic mass is 32.2. The number of halogens is 3. The lowest BCUT2D eigenvalue weighted by molar-refractivity contribution is -0.139.